The number of carbonyl (C=O) groups is 2. The Labute approximate surface area is 202 Å². The molecule has 1 unspecified atom stereocenters. The number of carboxylic acid groups (broad SMARTS) is 1. The fourth-order valence-electron chi connectivity index (χ4n) is 3.43. The number of allylic oxidation sites excluding steroid dienone is 1. The van der Waals surface area contributed by atoms with Crippen LogP contribution in [0.4, 0.5) is 0 Å². The SMILES string of the molecule is Cc1nc2cc(C(=O)NCCC(C)(C)C)nn2c(C=CCC(C)C)c1C(OC(C)(C)C)C(=O)O. The third kappa shape index (κ3) is 7.65. The van der Waals surface area contributed by atoms with E-state index in [0.29, 0.717) is 35.1 Å². The van der Waals surface area contributed by atoms with Crippen LogP contribution in [0.15, 0.2) is 12.1 Å². The van der Waals surface area contributed by atoms with E-state index in [1.54, 1.807) is 17.5 Å². The molecule has 2 aromatic heterocycles. The first-order chi connectivity index (χ1) is 15.6. The summed E-state index contributed by atoms with van der Waals surface area (Å²) in [4.78, 5) is 29.6. The molecule has 0 radical (unpaired) electrons. The lowest BCUT2D eigenvalue weighted by Crippen LogP contribution is -2.29. The average molecular weight is 473 g/mol. The highest BCUT2D eigenvalue weighted by Gasteiger charge is 2.32. The maximum atomic E-state index is 12.8. The van der Waals surface area contributed by atoms with Crippen LogP contribution in [0.3, 0.4) is 0 Å². The van der Waals surface area contributed by atoms with E-state index < -0.39 is 17.7 Å². The van der Waals surface area contributed by atoms with Gasteiger partial charge in [0.15, 0.2) is 17.4 Å². The van der Waals surface area contributed by atoms with Gasteiger partial charge in [0.05, 0.1) is 11.3 Å². The van der Waals surface area contributed by atoms with E-state index in [9.17, 15) is 14.7 Å². The molecule has 0 aliphatic rings. The van der Waals surface area contributed by atoms with Crippen LogP contribution >= 0.6 is 0 Å². The first kappa shape index (κ1) is 27.5. The van der Waals surface area contributed by atoms with E-state index in [1.165, 1.54) is 0 Å². The summed E-state index contributed by atoms with van der Waals surface area (Å²) in [5.74, 6) is -0.960. The first-order valence-corrected chi connectivity index (χ1v) is 11.8. The van der Waals surface area contributed by atoms with Gasteiger partial charge >= 0.3 is 5.97 Å². The van der Waals surface area contributed by atoms with Crippen molar-refractivity contribution in [2.75, 3.05) is 6.54 Å². The van der Waals surface area contributed by atoms with Crippen molar-refractivity contribution in [3.63, 3.8) is 0 Å². The topological polar surface area (TPSA) is 106 Å². The number of fused-ring (bicyclic) bond motifs is 1. The minimum atomic E-state index is -1.23. The van der Waals surface area contributed by atoms with Gasteiger partial charge in [-0.2, -0.15) is 5.10 Å². The van der Waals surface area contributed by atoms with Gasteiger partial charge in [-0.05, 0) is 57.9 Å². The van der Waals surface area contributed by atoms with Crippen molar-refractivity contribution in [2.24, 2.45) is 11.3 Å². The van der Waals surface area contributed by atoms with Crippen molar-refractivity contribution in [1.82, 2.24) is 19.9 Å². The molecule has 0 bridgehead atoms. The predicted octanol–water partition coefficient (Wildman–Crippen LogP) is 5.20. The zero-order chi connectivity index (χ0) is 25.8. The number of aliphatic carboxylic acids is 1. The monoisotopic (exact) mass is 472 g/mol. The minimum Gasteiger partial charge on any atom is -0.479 e. The summed E-state index contributed by atoms with van der Waals surface area (Å²) in [7, 11) is 0. The molecule has 188 valence electrons. The Hall–Kier alpha value is -2.74. The highest BCUT2D eigenvalue weighted by atomic mass is 16.5. The lowest BCUT2D eigenvalue weighted by Gasteiger charge is -2.27. The van der Waals surface area contributed by atoms with E-state index in [1.807, 2.05) is 32.9 Å². The second-order valence-corrected chi connectivity index (χ2v) is 11.3. The predicted molar refractivity (Wildman–Crippen MR) is 134 cm³/mol. The number of ether oxygens (including phenoxy) is 1. The number of nitrogens with zero attached hydrogens (tertiary/aromatic N) is 3. The minimum absolute atomic E-state index is 0.104. The van der Waals surface area contributed by atoms with Gasteiger partial charge in [-0.3, -0.25) is 4.79 Å². The van der Waals surface area contributed by atoms with Gasteiger partial charge in [0, 0.05) is 23.9 Å². The molecule has 0 aromatic carbocycles. The maximum Gasteiger partial charge on any atom is 0.337 e. The summed E-state index contributed by atoms with van der Waals surface area (Å²) in [6, 6.07) is 1.63. The van der Waals surface area contributed by atoms with Crippen molar-refractivity contribution < 1.29 is 19.4 Å². The molecule has 0 aliphatic heterocycles. The third-order valence-electron chi connectivity index (χ3n) is 5.10. The summed E-state index contributed by atoms with van der Waals surface area (Å²) in [5, 5.41) is 17.4. The van der Waals surface area contributed by atoms with Crippen LogP contribution in [-0.4, -0.2) is 43.7 Å². The molecule has 2 aromatic rings. The lowest BCUT2D eigenvalue weighted by atomic mass is 9.92. The highest BCUT2D eigenvalue weighted by molar-refractivity contribution is 5.93. The average Bonchev–Trinajstić information content (AvgIpc) is 3.08. The summed E-state index contributed by atoms with van der Waals surface area (Å²) in [5.41, 5.74) is 1.63. The van der Waals surface area contributed by atoms with Gasteiger partial charge < -0.3 is 15.2 Å². The smallest absolute Gasteiger partial charge is 0.337 e. The van der Waals surface area contributed by atoms with Crippen LogP contribution in [0.5, 0.6) is 0 Å². The third-order valence-corrected chi connectivity index (χ3v) is 5.10. The van der Waals surface area contributed by atoms with E-state index >= 15 is 0 Å². The molecule has 2 heterocycles. The van der Waals surface area contributed by atoms with Crippen molar-refractivity contribution in [1.29, 1.82) is 0 Å². The number of aryl methyl sites for hydroxylation is 1. The number of carbonyl (C=O) groups excluding carboxylic acids is 1. The van der Waals surface area contributed by atoms with E-state index in [0.717, 1.165) is 12.8 Å². The Bertz CT molecular complexity index is 1060. The van der Waals surface area contributed by atoms with Crippen molar-refractivity contribution in [3.05, 3.63) is 34.8 Å². The lowest BCUT2D eigenvalue weighted by molar-refractivity contribution is -0.160. The number of hydrogen-bond acceptors (Lipinski definition) is 5. The molecule has 0 spiro atoms. The zero-order valence-corrected chi connectivity index (χ0v) is 22.0. The zero-order valence-electron chi connectivity index (χ0n) is 22.0. The second kappa shape index (κ2) is 10.7. The van der Waals surface area contributed by atoms with Crippen molar-refractivity contribution >= 4 is 23.6 Å². The van der Waals surface area contributed by atoms with Crippen LogP contribution in [0.25, 0.3) is 11.7 Å². The van der Waals surface area contributed by atoms with Gasteiger partial charge in [0.25, 0.3) is 5.91 Å². The fourth-order valence-corrected chi connectivity index (χ4v) is 3.43. The molecule has 2 N–H and O–H groups in total. The largest absolute Gasteiger partial charge is 0.479 e. The number of nitrogens with one attached hydrogen (secondary N) is 1. The van der Waals surface area contributed by atoms with Crippen LogP contribution in [0.1, 0.15) is 102 Å². The number of aromatic nitrogens is 3. The van der Waals surface area contributed by atoms with E-state index in [4.69, 9.17) is 4.74 Å². The fraction of sp³-hybridized carbons (Fsp3) is 0.615. The Morgan fingerprint density at radius 3 is 2.38 bits per heavy atom. The first-order valence-electron chi connectivity index (χ1n) is 11.8. The van der Waals surface area contributed by atoms with E-state index in [2.05, 4.69) is 50.0 Å². The molecule has 0 saturated heterocycles. The molecule has 34 heavy (non-hydrogen) atoms. The van der Waals surface area contributed by atoms with E-state index in [-0.39, 0.29) is 17.0 Å². The van der Waals surface area contributed by atoms with Gasteiger partial charge in [0.2, 0.25) is 0 Å². The Morgan fingerprint density at radius 1 is 1.21 bits per heavy atom. The molecule has 0 saturated carbocycles. The molecular weight excluding hydrogens is 432 g/mol. The van der Waals surface area contributed by atoms with Crippen molar-refractivity contribution in [2.45, 2.75) is 86.9 Å². The number of rotatable bonds is 9. The number of hydrogen-bond donors (Lipinski definition) is 2. The van der Waals surface area contributed by atoms with Crippen molar-refractivity contribution in [3.8, 4) is 0 Å². The Kier molecular flexibility index (Phi) is 8.64. The molecule has 1 amide bonds. The second-order valence-electron chi connectivity index (χ2n) is 11.3. The highest BCUT2D eigenvalue weighted by Crippen LogP contribution is 2.31. The van der Waals surface area contributed by atoms with Gasteiger partial charge in [0.1, 0.15) is 0 Å². The summed E-state index contributed by atoms with van der Waals surface area (Å²) in [6.07, 6.45) is 4.25. The van der Waals surface area contributed by atoms with Crippen LogP contribution in [0.2, 0.25) is 0 Å². The molecule has 8 nitrogen and oxygen atoms in total. The number of carboxylic acids is 1. The summed E-state index contributed by atoms with van der Waals surface area (Å²) >= 11 is 0. The molecule has 0 fully saturated rings. The normalized spacial score (nSPS) is 13.7. The van der Waals surface area contributed by atoms with Crippen LogP contribution in [-0.2, 0) is 9.53 Å². The summed E-state index contributed by atoms with van der Waals surface area (Å²) in [6.45, 7) is 18.3. The Morgan fingerprint density at radius 2 is 1.85 bits per heavy atom. The number of amides is 1. The van der Waals surface area contributed by atoms with Gasteiger partial charge in [-0.1, -0.05) is 40.7 Å². The van der Waals surface area contributed by atoms with Gasteiger partial charge in [-0.15, -0.1) is 0 Å². The van der Waals surface area contributed by atoms with Gasteiger partial charge in [-0.25, -0.2) is 14.3 Å². The molecular formula is C26H40N4O4. The molecule has 8 heteroatoms. The molecule has 0 aliphatic carbocycles. The van der Waals surface area contributed by atoms with Crippen LogP contribution in [0, 0.1) is 18.3 Å². The summed E-state index contributed by atoms with van der Waals surface area (Å²) < 4.78 is 7.47. The molecule has 1 atom stereocenters. The quantitative estimate of drug-likeness (QED) is 0.519. The van der Waals surface area contributed by atoms with Crippen LogP contribution < -0.4 is 5.32 Å². The Balaban J connectivity index is 2.60. The molecule has 2 rings (SSSR count). The standard InChI is InChI=1S/C26H40N4O4/c1-16(2)11-10-12-19-21(22(24(32)33)34-26(7,8)9)17(3)28-20-15-18(29-30(19)20)23(31)27-14-13-25(4,5)6/h10,12,15-16,22H,11,13-14H2,1-9H3,(H,27,31)(H,32,33). The maximum absolute atomic E-state index is 12.8.